The van der Waals surface area contributed by atoms with Crippen molar-refractivity contribution in [1.29, 1.82) is 0 Å². The van der Waals surface area contributed by atoms with Crippen molar-refractivity contribution in [2.45, 2.75) is 32.9 Å². The summed E-state index contributed by atoms with van der Waals surface area (Å²) < 4.78 is 2.03. The monoisotopic (exact) mass is 183 g/mol. The summed E-state index contributed by atoms with van der Waals surface area (Å²) in [6, 6.07) is 0. The van der Waals surface area contributed by atoms with E-state index < -0.39 is 0 Å². The summed E-state index contributed by atoms with van der Waals surface area (Å²) in [5, 5.41) is 12.2. The lowest BCUT2D eigenvalue weighted by Crippen LogP contribution is -2.12. The molecule has 1 heterocycles. The Morgan fingerprint density at radius 3 is 3.08 bits per heavy atom. The van der Waals surface area contributed by atoms with Crippen LogP contribution in [0.2, 0.25) is 0 Å². The van der Waals surface area contributed by atoms with Gasteiger partial charge in [0, 0.05) is 25.5 Å². The molecule has 0 saturated carbocycles. The van der Waals surface area contributed by atoms with Gasteiger partial charge in [0.2, 0.25) is 5.95 Å². The molecule has 0 aliphatic heterocycles. The van der Waals surface area contributed by atoms with Gasteiger partial charge in [-0.2, -0.15) is 0 Å². The van der Waals surface area contributed by atoms with Gasteiger partial charge in [0.25, 0.3) is 0 Å². The summed E-state index contributed by atoms with van der Waals surface area (Å²) in [5.74, 6) is 0.878. The van der Waals surface area contributed by atoms with Gasteiger partial charge in [0.1, 0.15) is 0 Å². The van der Waals surface area contributed by atoms with Crippen LogP contribution in [0.25, 0.3) is 0 Å². The van der Waals surface area contributed by atoms with Gasteiger partial charge in [-0.3, -0.25) is 0 Å². The topological polar surface area (TPSA) is 50.1 Å². The second kappa shape index (κ2) is 4.87. The van der Waals surface area contributed by atoms with E-state index in [1.807, 2.05) is 10.8 Å². The van der Waals surface area contributed by atoms with Crippen molar-refractivity contribution >= 4 is 5.95 Å². The standard InChI is InChI=1S/C9H17N3O/c1-3-12-7-6-11-9(12)10-5-4-8(2)13/h6-8,13H,3-5H2,1-2H3,(H,10,11). The molecule has 74 valence electrons. The van der Waals surface area contributed by atoms with Gasteiger partial charge in [-0.25, -0.2) is 4.98 Å². The molecule has 4 heteroatoms. The first-order chi connectivity index (χ1) is 6.24. The van der Waals surface area contributed by atoms with E-state index in [9.17, 15) is 0 Å². The fraction of sp³-hybridized carbons (Fsp3) is 0.667. The molecular weight excluding hydrogens is 166 g/mol. The highest BCUT2D eigenvalue weighted by Crippen LogP contribution is 2.03. The first kappa shape index (κ1) is 10.1. The van der Waals surface area contributed by atoms with E-state index in [4.69, 9.17) is 5.11 Å². The van der Waals surface area contributed by atoms with Crippen LogP contribution in [-0.2, 0) is 6.54 Å². The van der Waals surface area contributed by atoms with Gasteiger partial charge < -0.3 is 15.0 Å². The van der Waals surface area contributed by atoms with Crippen molar-refractivity contribution < 1.29 is 5.11 Å². The Bertz CT molecular complexity index is 245. The zero-order valence-electron chi connectivity index (χ0n) is 8.20. The van der Waals surface area contributed by atoms with Crippen molar-refractivity contribution in [2.24, 2.45) is 0 Å². The zero-order valence-corrected chi connectivity index (χ0v) is 8.20. The Morgan fingerprint density at radius 2 is 2.46 bits per heavy atom. The lowest BCUT2D eigenvalue weighted by molar-refractivity contribution is 0.188. The molecule has 0 aliphatic rings. The SMILES string of the molecule is CCn1ccnc1NCCC(C)O. The smallest absolute Gasteiger partial charge is 0.202 e. The third-order valence-corrected chi connectivity index (χ3v) is 1.90. The highest BCUT2D eigenvalue weighted by Gasteiger charge is 2.00. The number of hydrogen-bond donors (Lipinski definition) is 2. The number of imidazole rings is 1. The maximum Gasteiger partial charge on any atom is 0.202 e. The molecular formula is C9H17N3O. The highest BCUT2D eigenvalue weighted by molar-refractivity contribution is 5.25. The number of rotatable bonds is 5. The highest BCUT2D eigenvalue weighted by atomic mass is 16.3. The van der Waals surface area contributed by atoms with Crippen LogP contribution in [0, 0.1) is 0 Å². The zero-order chi connectivity index (χ0) is 9.68. The number of aliphatic hydroxyl groups is 1. The van der Waals surface area contributed by atoms with Crippen LogP contribution < -0.4 is 5.32 Å². The Hall–Kier alpha value is -1.03. The average molecular weight is 183 g/mol. The van der Waals surface area contributed by atoms with Crippen LogP contribution >= 0.6 is 0 Å². The first-order valence-corrected chi connectivity index (χ1v) is 4.67. The second-order valence-electron chi connectivity index (χ2n) is 3.10. The lowest BCUT2D eigenvalue weighted by atomic mass is 10.3. The van der Waals surface area contributed by atoms with E-state index in [-0.39, 0.29) is 6.10 Å². The van der Waals surface area contributed by atoms with Crippen molar-refractivity contribution in [3.05, 3.63) is 12.4 Å². The van der Waals surface area contributed by atoms with Gasteiger partial charge >= 0.3 is 0 Å². The van der Waals surface area contributed by atoms with Crippen molar-refractivity contribution in [3.63, 3.8) is 0 Å². The maximum atomic E-state index is 9.04. The third-order valence-electron chi connectivity index (χ3n) is 1.90. The molecule has 0 saturated heterocycles. The number of aryl methyl sites for hydroxylation is 1. The first-order valence-electron chi connectivity index (χ1n) is 4.67. The molecule has 0 aliphatic carbocycles. The van der Waals surface area contributed by atoms with E-state index >= 15 is 0 Å². The molecule has 1 unspecified atom stereocenters. The molecule has 0 spiro atoms. The number of aromatic nitrogens is 2. The van der Waals surface area contributed by atoms with Crippen LogP contribution in [0.3, 0.4) is 0 Å². The molecule has 1 aromatic rings. The van der Waals surface area contributed by atoms with E-state index in [1.165, 1.54) is 0 Å². The molecule has 4 nitrogen and oxygen atoms in total. The summed E-state index contributed by atoms with van der Waals surface area (Å²) in [5.41, 5.74) is 0. The van der Waals surface area contributed by atoms with Crippen LogP contribution in [0.4, 0.5) is 5.95 Å². The summed E-state index contributed by atoms with van der Waals surface area (Å²) in [7, 11) is 0. The van der Waals surface area contributed by atoms with Crippen LogP contribution in [0.1, 0.15) is 20.3 Å². The second-order valence-corrected chi connectivity index (χ2v) is 3.10. The molecule has 0 radical (unpaired) electrons. The van der Waals surface area contributed by atoms with Crippen LogP contribution in [0.15, 0.2) is 12.4 Å². The average Bonchev–Trinajstić information content (AvgIpc) is 2.51. The van der Waals surface area contributed by atoms with Gasteiger partial charge in [-0.15, -0.1) is 0 Å². The van der Waals surface area contributed by atoms with Gasteiger partial charge in [0.15, 0.2) is 0 Å². The predicted octanol–water partition coefficient (Wildman–Crippen LogP) is 1.09. The number of aliphatic hydroxyl groups excluding tert-OH is 1. The molecule has 0 fully saturated rings. The molecule has 1 atom stereocenters. The summed E-state index contributed by atoms with van der Waals surface area (Å²) in [6.45, 7) is 5.53. The molecule has 1 rings (SSSR count). The summed E-state index contributed by atoms with van der Waals surface area (Å²) >= 11 is 0. The maximum absolute atomic E-state index is 9.04. The quantitative estimate of drug-likeness (QED) is 0.718. The minimum atomic E-state index is -0.252. The molecule has 0 aromatic carbocycles. The Balaban J connectivity index is 2.36. The minimum absolute atomic E-state index is 0.252. The lowest BCUT2D eigenvalue weighted by Gasteiger charge is -2.08. The fourth-order valence-electron chi connectivity index (χ4n) is 1.12. The minimum Gasteiger partial charge on any atom is -0.393 e. The summed E-state index contributed by atoms with van der Waals surface area (Å²) in [6.07, 6.45) is 4.20. The van der Waals surface area contributed by atoms with Gasteiger partial charge in [-0.05, 0) is 20.3 Å². The van der Waals surface area contributed by atoms with Crippen LogP contribution in [-0.4, -0.2) is 27.3 Å². The third kappa shape index (κ3) is 3.06. The normalized spacial score (nSPS) is 12.8. The Morgan fingerprint density at radius 1 is 1.69 bits per heavy atom. The Labute approximate surface area is 78.6 Å². The predicted molar refractivity (Wildman–Crippen MR) is 52.7 cm³/mol. The van der Waals surface area contributed by atoms with E-state index in [1.54, 1.807) is 13.1 Å². The van der Waals surface area contributed by atoms with Gasteiger partial charge in [-0.1, -0.05) is 0 Å². The number of nitrogens with one attached hydrogen (secondary N) is 1. The molecule has 1 aromatic heterocycles. The number of nitrogens with zero attached hydrogens (tertiary/aromatic N) is 2. The summed E-state index contributed by atoms with van der Waals surface area (Å²) in [4.78, 5) is 4.15. The van der Waals surface area contributed by atoms with Crippen LogP contribution in [0.5, 0.6) is 0 Å². The van der Waals surface area contributed by atoms with Gasteiger partial charge in [0.05, 0.1) is 6.10 Å². The van der Waals surface area contributed by atoms with Crippen molar-refractivity contribution in [1.82, 2.24) is 9.55 Å². The number of hydrogen-bond acceptors (Lipinski definition) is 3. The van der Waals surface area contributed by atoms with E-state index in [0.29, 0.717) is 0 Å². The van der Waals surface area contributed by atoms with Crippen molar-refractivity contribution in [2.75, 3.05) is 11.9 Å². The Kier molecular flexibility index (Phi) is 3.76. The number of anilines is 1. The fourth-order valence-corrected chi connectivity index (χ4v) is 1.12. The molecule has 2 N–H and O–H groups in total. The molecule has 0 bridgehead atoms. The van der Waals surface area contributed by atoms with E-state index in [0.717, 1.165) is 25.5 Å². The largest absolute Gasteiger partial charge is 0.393 e. The van der Waals surface area contributed by atoms with Crippen molar-refractivity contribution in [3.8, 4) is 0 Å². The van der Waals surface area contributed by atoms with E-state index in [2.05, 4.69) is 17.2 Å². The molecule has 13 heavy (non-hydrogen) atoms. The molecule has 0 amide bonds.